The first-order valence-corrected chi connectivity index (χ1v) is 6.86. The Balaban J connectivity index is 2.46. The first kappa shape index (κ1) is 15.4. The number of ether oxygens (including phenoxy) is 3. The van der Waals surface area contributed by atoms with Gasteiger partial charge in [0.05, 0.1) is 26.7 Å². The smallest absolute Gasteiger partial charge is 0.258 e. The van der Waals surface area contributed by atoms with Crippen LogP contribution in [-0.2, 0) is 0 Å². The van der Waals surface area contributed by atoms with Gasteiger partial charge in [0, 0.05) is 5.56 Å². The molecular weight excluding hydrogens is 296 g/mol. The van der Waals surface area contributed by atoms with E-state index in [1.807, 2.05) is 6.92 Å². The van der Waals surface area contributed by atoms with Crippen molar-refractivity contribution in [2.45, 2.75) is 18.7 Å². The van der Waals surface area contributed by atoms with Crippen LogP contribution in [0.4, 0.5) is 0 Å². The predicted octanol–water partition coefficient (Wildman–Crippen LogP) is 3.45. The topological polar surface area (TPSA) is 66.6 Å². The normalized spacial score (nSPS) is 12.0. The number of methoxy groups -OCH3 is 3. The summed E-state index contributed by atoms with van der Waals surface area (Å²) < 4.78 is 21.1. The third-order valence-electron chi connectivity index (χ3n) is 2.99. The largest absolute Gasteiger partial charge is 0.493 e. The molecule has 1 aromatic heterocycles. The molecule has 7 heteroatoms. The molecule has 0 saturated carbocycles. The van der Waals surface area contributed by atoms with Crippen LogP contribution >= 0.6 is 11.6 Å². The molecular formula is C14H17ClN2O4. The highest BCUT2D eigenvalue weighted by atomic mass is 35.5. The molecule has 0 aliphatic carbocycles. The molecule has 1 atom stereocenters. The Hall–Kier alpha value is -1.95. The summed E-state index contributed by atoms with van der Waals surface area (Å²) in [6.07, 6.45) is 0.718. The molecule has 21 heavy (non-hydrogen) atoms. The van der Waals surface area contributed by atoms with Crippen molar-refractivity contribution in [1.82, 2.24) is 10.1 Å². The maximum atomic E-state index is 6.10. The highest BCUT2D eigenvalue weighted by Crippen LogP contribution is 2.41. The van der Waals surface area contributed by atoms with Crippen LogP contribution in [0.5, 0.6) is 17.2 Å². The third-order valence-corrected chi connectivity index (χ3v) is 3.50. The molecule has 0 fully saturated rings. The Morgan fingerprint density at radius 1 is 1.14 bits per heavy atom. The van der Waals surface area contributed by atoms with Gasteiger partial charge in [-0.05, 0) is 18.6 Å². The molecule has 1 heterocycles. The Bertz CT molecular complexity index is 590. The molecule has 2 rings (SSSR count). The third kappa shape index (κ3) is 3.05. The predicted molar refractivity (Wildman–Crippen MR) is 78.3 cm³/mol. The maximum absolute atomic E-state index is 6.10. The number of alkyl halides is 1. The second-order valence-electron chi connectivity index (χ2n) is 4.25. The molecule has 1 unspecified atom stereocenters. The molecule has 0 aliphatic rings. The average Bonchev–Trinajstić information content (AvgIpc) is 3.02. The van der Waals surface area contributed by atoms with E-state index >= 15 is 0 Å². The molecule has 1 aromatic carbocycles. The Morgan fingerprint density at radius 3 is 2.24 bits per heavy atom. The molecule has 6 nitrogen and oxygen atoms in total. The van der Waals surface area contributed by atoms with Gasteiger partial charge in [-0.15, -0.1) is 11.6 Å². The molecule has 0 radical (unpaired) electrons. The molecule has 114 valence electrons. The van der Waals surface area contributed by atoms with Crippen molar-refractivity contribution in [2.24, 2.45) is 0 Å². The fourth-order valence-electron chi connectivity index (χ4n) is 1.87. The number of hydrogen-bond donors (Lipinski definition) is 0. The van der Waals surface area contributed by atoms with Crippen LogP contribution in [0.25, 0.3) is 11.5 Å². The summed E-state index contributed by atoms with van der Waals surface area (Å²) in [4.78, 5) is 4.30. The van der Waals surface area contributed by atoms with Gasteiger partial charge in [0.1, 0.15) is 0 Å². The van der Waals surface area contributed by atoms with Gasteiger partial charge in [0.2, 0.25) is 5.75 Å². The molecule has 2 aromatic rings. The first-order valence-electron chi connectivity index (χ1n) is 6.42. The Kier molecular flexibility index (Phi) is 4.90. The standard InChI is InChI=1S/C14H17ClN2O4/c1-5-9(15)13-16-14(21-17-13)8-6-10(18-2)12(20-4)11(7-8)19-3/h6-7,9H,5H2,1-4H3. The van der Waals surface area contributed by atoms with E-state index < -0.39 is 0 Å². The van der Waals surface area contributed by atoms with Crippen LogP contribution in [0.2, 0.25) is 0 Å². The fourth-order valence-corrected chi connectivity index (χ4v) is 1.96. The van der Waals surface area contributed by atoms with E-state index in [0.29, 0.717) is 34.5 Å². The molecule has 0 saturated heterocycles. The van der Waals surface area contributed by atoms with Gasteiger partial charge in [0.15, 0.2) is 17.3 Å². The van der Waals surface area contributed by atoms with Crippen molar-refractivity contribution >= 4 is 11.6 Å². The van der Waals surface area contributed by atoms with E-state index in [2.05, 4.69) is 10.1 Å². The number of halogens is 1. The van der Waals surface area contributed by atoms with Crippen molar-refractivity contribution in [3.05, 3.63) is 18.0 Å². The van der Waals surface area contributed by atoms with Gasteiger partial charge in [-0.3, -0.25) is 0 Å². The maximum Gasteiger partial charge on any atom is 0.258 e. The van der Waals surface area contributed by atoms with E-state index in [1.54, 1.807) is 33.5 Å². The number of benzene rings is 1. The van der Waals surface area contributed by atoms with Crippen molar-refractivity contribution < 1.29 is 18.7 Å². The van der Waals surface area contributed by atoms with Gasteiger partial charge in [-0.1, -0.05) is 12.1 Å². The number of hydrogen-bond acceptors (Lipinski definition) is 6. The van der Waals surface area contributed by atoms with Crippen molar-refractivity contribution in [2.75, 3.05) is 21.3 Å². The van der Waals surface area contributed by atoms with Crippen LogP contribution in [0, 0.1) is 0 Å². The lowest BCUT2D eigenvalue weighted by Crippen LogP contribution is -1.96. The van der Waals surface area contributed by atoms with Crippen LogP contribution < -0.4 is 14.2 Å². The van der Waals surface area contributed by atoms with E-state index in [-0.39, 0.29) is 5.38 Å². The van der Waals surface area contributed by atoms with Crippen molar-refractivity contribution in [3.63, 3.8) is 0 Å². The summed E-state index contributed by atoms with van der Waals surface area (Å²) in [6.45, 7) is 1.95. The minimum atomic E-state index is -0.274. The van der Waals surface area contributed by atoms with Gasteiger partial charge >= 0.3 is 0 Å². The molecule has 0 N–H and O–H groups in total. The number of nitrogens with zero attached hydrogens (tertiary/aromatic N) is 2. The molecule has 0 spiro atoms. The van der Waals surface area contributed by atoms with Crippen molar-refractivity contribution in [1.29, 1.82) is 0 Å². The molecule has 0 bridgehead atoms. The summed E-state index contributed by atoms with van der Waals surface area (Å²) in [7, 11) is 4.64. The van der Waals surface area contributed by atoms with Crippen LogP contribution in [0.3, 0.4) is 0 Å². The van der Waals surface area contributed by atoms with Crippen LogP contribution in [0.15, 0.2) is 16.7 Å². The second kappa shape index (κ2) is 6.67. The second-order valence-corrected chi connectivity index (χ2v) is 4.77. The fraction of sp³-hybridized carbons (Fsp3) is 0.429. The lowest BCUT2D eigenvalue weighted by molar-refractivity contribution is 0.324. The zero-order valence-electron chi connectivity index (χ0n) is 12.3. The van der Waals surface area contributed by atoms with E-state index in [0.717, 1.165) is 6.42 Å². The van der Waals surface area contributed by atoms with E-state index in [4.69, 9.17) is 30.3 Å². The van der Waals surface area contributed by atoms with Gasteiger partial charge < -0.3 is 18.7 Å². The summed E-state index contributed by atoms with van der Waals surface area (Å²) in [5.74, 6) is 2.35. The lowest BCUT2D eigenvalue weighted by atomic mass is 10.2. The number of rotatable bonds is 6. The SMILES string of the molecule is CCC(Cl)c1noc(-c2cc(OC)c(OC)c(OC)c2)n1. The van der Waals surface area contributed by atoms with Gasteiger partial charge in [-0.2, -0.15) is 4.98 Å². The van der Waals surface area contributed by atoms with Crippen LogP contribution in [0.1, 0.15) is 24.5 Å². The summed E-state index contributed by atoms with van der Waals surface area (Å²) >= 11 is 6.10. The summed E-state index contributed by atoms with van der Waals surface area (Å²) in [6, 6.07) is 3.49. The van der Waals surface area contributed by atoms with E-state index in [1.165, 1.54) is 0 Å². The van der Waals surface area contributed by atoms with E-state index in [9.17, 15) is 0 Å². The highest BCUT2D eigenvalue weighted by molar-refractivity contribution is 6.20. The Morgan fingerprint density at radius 2 is 1.76 bits per heavy atom. The first-order chi connectivity index (χ1) is 10.1. The Labute approximate surface area is 128 Å². The summed E-state index contributed by atoms with van der Waals surface area (Å²) in [5, 5.41) is 3.61. The zero-order chi connectivity index (χ0) is 15.4. The number of aromatic nitrogens is 2. The van der Waals surface area contributed by atoms with Gasteiger partial charge in [-0.25, -0.2) is 0 Å². The lowest BCUT2D eigenvalue weighted by Gasteiger charge is -2.12. The highest BCUT2D eigenvalue weighted by Gasteiger charge is 2.19. The van der Waals surface area contributed by atoms with Crippen LogP contribution in [-0.4, -0.2) is 31.5 Å². The van der Waals surface area contributed by atoms with Crippen molar-refractivity contribution in [3.8, 4) is 28.7 Å². The quantitative estimate of drug-likeness (QED) is 0.761. The average molecular weight is 313 g/mol. The molecule has 0 aliphatic heterocycles. The van der Waals surface area contributed by atoms with Gasteiger partial charge in [0.25, 0.3) is 5.89 Å². The monoisotopic (exact) mass is 312 g/mol. The minimum Gasteiger partial charge on any atom is -0.493 e. The minimum absolute atomic E-state index is 0.274. The molecule has 0 amide bonds. The zero-order valence-corrected chi connectivity index (χ0v) is 13.1. The summed E-state index contributed by atoms with van der Waals surface area (Å²) in [5.41, 5.74) is 0.670.